The number of halogens is 1. The van der Waals surface area contributed by atoms with Gasteiger partial charge in [0.2, 0.25) is 5.91 Å². The van der Waals surface area contributed by atoms with Crippen molar-refractivity contribution in [1.82, 2.24) is 4.90 Å². The summed E-state index contributed by atoms with van der Waals surface area (Å²) in [6.07, 6.45) is 3.82. The third-order valence-electron chi connectivity index (χ3n) is 6.02. The summed E-state index contributed by atoms with van der Waals surface area (Å²) in [5, 5.41) is 0.717. The van der Waals surface area contributed by atoms with Crippen molar-refractivity contribution in [2.45, 2.75) is 38.5 Å². The van der Waals surface area contributed by atoms with Crippen molar-refractivity contribution in [2.75, 3.05) is 39.2 Å². The van der Waals surface area contributed by atoms with E-state index in [9.17, 15) is 4.79 Å². The van der Waals surface area contributed by atoms with Crippen LogP contribution in [0.5, 0.6) is 5.75 Å². The molecular formula is C25H33ClN2O2. The fourth-order valence-electron chi connectivity index (χ4n) is 4.33. The highest BCUT2D eigenvalue weighted by Gasteiger charge is 2.37. The number of amides is 1. The lowest BCUT2D eigenvalue weighted by Crippen LogP contribution is -2.41. The van der Waals surface area contributed by atoms with Crippen molar-refractivity contribution < 1.29 is 9.53 Å². The summed E-state index contributed by atoms with van der Waals surface area (Å²) in [4.78, 5) is 18.0. The average molecular weight is 429 g/mol. The lowest BCUT2D eigenvalue weighted by atomic mass is 9.79. The third kappa shape index (κ3) is 5.16. The highest BCUT2D eigenvalue weighted by molar-refractivity contribution is 6.30. The minimum atomic E-state index is -0.0494. The maximum Gasteiger partial charge on any atom is 0.230 e. The molecule has 30 heavy (non-hydrogen) atoms. The molecule has 1 aliphatic rings. The Labute approximate surface area is 185 Å². The van der Waals surface area contributed by atoms with Gasteiger partial charge in [-0.2, -0.15) is 0 Å². The number of benzene rings is 2. The molecule has 2 aromatic rings. The second-order valence-electron chi connectivity index (χ2n) is 8.40. The zero-order chi connectivity index (χ0) is 21.7. The van der Waals surface area contributed by atoms with Crippen LogP contribution in [0.3, 0.4) is 0 Å². The van der Waals surface area contributed by atoms with E-state index < -0.39 is 0 Å². The summed E-state index contributed by atoms with van der Waals surface area (Å²) >= 11 is 6.37. The van der Waals surface area contributed by atoms with Gasteiger partial charge < -0.3 is 14.5 Å². The van der Waals surface area contributed by atoms with Gasteiger partial charge in [-0.15, -0.1) is 0 Å². The lowest BCUT2D eigenvalue weighted by molar-refractivity contribution is -0.123. The Morgan fingerprint density at radius 1 is 1.17 bits per heavy atom. The molecule has 1 aliphatic heterocycles. The van der Waals surface area contributed by atoms with Gasteiger partial charge in [-0.3, -0.25) is 4.79 Å². The molecule has 4 nitrogen and oxygen atoms in total. The summed E-state index contributed by atoms with van der Waals surface area (Å²) in [5.74, 6) is 1.13. The summed E-state index contributed by atoms with van der Waals surface area (Å²) in [7, 11) is 5.76. The van der Waals surface area contributed by atoms with E-state index in [1.54, 1.807) is 7.11 Å². The van der Waals surface area contributed by atoms with Crippen LogP contribution in [0.15, 0.2) is 42.5 Å². The lowest BCUT2D eigenvalue weighted by Gasteiger charge is -2.29. The van der Waals surface area contributed by atoms with E-state index in [1.165, 1.54) is 5.56 Å². The Morgan fingerprint density at radius 3 is 2.53 bits per heavy atom. The Balaban J connectivity index is 2.06. The minimum Gasteiger partial charge on any atom is -0.497 e. The number of unbranched alkanes of at least 4 members (excludes halogenated alkanes) is 1. The molecule has 1 amide bonds. The highest BCUT2D eigenvalue weighted by atomic mass is 35.5. The van der Waals surface area contributed by atoms with Crippen molar-refractivity contribution >= 4 is 23.2 Å². The van der Waals surface area contributed by atoms with Gasteiger partial charge in [0.15, 0.2) is 0 Å². The Morgan fingerprint density at radius 2 is 1.90 bits per heavy atom. The van der Waals surface area contributed by atoms with Crippen LogP contribution < -0.4 is 9.64 Å². The van der Waals surface area contributed by atoms with Crippen LogP contribution in [0.1, 0.15) is 43.2 Å². The number of hydrogen-bond donors (Lipinski definition) is 0. The van der Waals surface area contributed by atoms with Crippen molar-refractivity contribution in [2.24, 2.45) is 5.92 Å². The van der Waals surface area contributed by atoms with Gasteiger partial charge >= 0.3 is 0 Å². The predicted molar refractivity (Wildman–Crippen MR) is 125 cm³/mol. The molecule has 0 radical (unpaired) electrons. The molecule has 5 heteroatoms. The minimum absolute atomic E-state index is 0.0494. The number of carbonyl (C=O) groups excluding carboxylic acids is 1. The number of hydrogen-bond acceptors (Lipinski definition) is 3. The van der Waals surface area contributed by atoms with Crippen molar-refractivity contribution in [3.8, 4) is 5.75 Å². The topological polar surface area (TPSA) is 32.8 Å². The molecule has 1 heterocycles. The average Bonchev–Trinajstić information content (AvgIpc) is 2.84. The van der Waals surface area contributed by atoms with Gasteiger partial charge in [0.05, 0.1) is 7.11 Å². The fourth-order valence-corrected chi connectivity index (χ4v) is 4.53. The van der Waals surface area contributed by atoms with E-state index in [0.29, 0.717) is 11.6 Å². The number of anilines is 1. The number of nitrogens with zero attached hydrogens (tertiary/aromatic N) is 2. The summed E-state index contributed by atoms with van der Waals surface area (Å²) in [6.45, 7) is 3.68. The van der Waals surface area contributed by atoms with Crippen LogP contribution in [0.25, 0.3) is 0 Å². The maximum atomic E-state index is 13.9. The zero-order valence-electron chi connectivity index (χ0n) is 18.5. The van der Waals surface area contributed by atoms with Crippen molar-refractivity contribution in [1.29, 1.82) is 0 Å². The zero-order valence-corrected chi connectivity index (χ0v) is 19.3. The standard InChI is InChI=1S/C25H33ClN2O2/c1-5-6-7-22-23(18-8-11-21(30-4)12-9-18)17-19-16-20(26)10-13-24(19)28(25(22)29)15-14-27(2)3/h8-13,16,22-23H,5-7,14-15,17H2,1-4H3/t22-,23+/m0/s1. The first-order valence-electron chi connectivity index (χ1n) is 10.8. The molecule has 2 atom stereocenters. The second-order valence-corrected chi connectivity index (χ2v) is 8.84. The quantitative estimate of drug-likeness (QED) is 0.565. The van der Waals surface area contributed by atoms with Crippen LogP contribution in [-0.2, 0) is 11.2 Å². The molecule has 2 aromatic carbocycles. The molecule has 0 bridgehead atoms. The number of carbonyl (C=O) groups is 1. The van der Waals surface area contributed by atoms with E-state index in [-0.39, 0.29) is 17.7 Å². The van der Waals surface area contributed by atoms with E-state index in [0.717, 1.165) is 49.2 Å². The van der Waals surface area contributed by atoms with E-state index in [2.05, 4.69) is 24.0 Å². The molecule has 0 N–H and O–H groups in total. The van der Waals surface area contributed by atoms with Crippen molar-refractivity contribution in [3.05, 3.63) is 58.6 Å². The highest BCUT2D eigenvalue weighted by Crippen LogP contribution is 2.41. The maximum absolute atomic E-state index is 13.9. The summed E-state index contributed by atoms with van der Waals surface area (Å²) in [6, 6.07) is 14.1. The van der Waals surface area contributed by atoms with Crippen LogP contribution in [0.4, 0.5) is 5.69 Å². The van der Waals surface area contributed by atoms with Crippen LogP contribution in [0.2, 0.25) is 5.02 Å². The molecule has 0 saturated carbocycles. The summed E-state index contributed by atoms with van der Waals surface area (Å²) < 4.78 is 5.34. The van der Waals surface area contributed by atoms with Crippen LogP contribution >= 0.6 is 11.6 Å². The molecule has 0 aliphatic carbocycles. The van der Waals surface area contributed by atoms with Crippen LogP contribution in [-0.4, -0.2) is 45.1 Å². The number of ether oxygens (including phenoxy) is 1. The van der Waals surface area contributed by atoms with Gasteiger partial charge in [0.25, 0.3) is 0 Å². The Bertz CT molecular complexity index is 851. The molecule has 0 aromatic heterocycles. The molecule has 0 fully saturated rings. The molecule has 0 spiro atoms. The monoisotopic (exact) mass is 428 g/mol. The number of fused-ring (bicyclic) bond motifs is 1. The van der Waals surface area contributed by atoms with Crippen LogP contribution in [0, 0.1) is 5.92 Å². The fraction of sp³-hybridized carbons (Fsp3) is 0.480. The second kappa shape index (κ2) is 10.3. The number of rotatable bonds is 8. The van der Waals surface area contributed by atoms with E-state index in [4.69, 9.17) is 16.3 Å². The van der Waals surface area contributed by atoms with Gasteiger partial charge in [-0.05, 0) is 74.3 Å². The largest absolute Gasteiger partial charge is 0.497 e. The normalized spacial score (nSPS) is 19.0. The van der Waals surface area contributed by atoms with Gasteiger partial charge in [-0.25, -0.2) is 0 Å². The molecule has 0 unspecified atom stereocenters. The Hall–Kier alpha value is -2.04. The predicted octanol–water partition coefficient (Wildman–Crippen LogP) is 5.39. The number of methoxy groups -OCH3 is 1. The molecule has 0 saturated heterocycles. The van der Waals surface area contributed by atoms with Gasteiger partial charge in [-0.1, -0.05) is 43.5 Å². The molecule has 162 valence electrons. The first-order chi connectivity index (χ1) is 14.4. The Kier molecular flexibility index (Phi) is 7.79. The van der Waals surface area contributed by atoms with E-state index >= 15 is 0 Å². The first kappa shape index (κ1) is 22.6. The first-order valence-corrected chi connectivity index (χ1v) is 11.2. The smallest absolute Gasteiger partial charge is 0.230 e. The SMILES string of the molecule is CCCC[C@@H]1C(=O)N(CCN(C)C)c2ccc(Cl)cc2C[C@@H]1c1ccc(OC)cc1. The number of likely N-dealkylation sites (N-methyl/N-ethyl adjacent to an activating group) is 1. The molecule has 3 rings (SSSR count). The van der Waals surface area contributed by atoms with Gasteiger partial charge in [0.1, 0.15) is 5.75 Å². The molecular weight excluding hydrogens is 396 g/mol. The summed E-state index contributed by atoms with van der Waals surface area (Å²) in [5.41, 5.74) is 3.34. The third-order valence-corrected chi connectivity index (χ3v) is 6.26. The van der Waals surface area contributed by atoms with Crippen molar-refractivity contribution in [3.63, 3.8) is 0 Å². The van der Waals surface area contributed by atoms with E-state index in [1.807, 2.05) is 49.3 Å². The van der Waals surface area contributed by atoms with Gasteiger partial charge in [0, 0.05) is 29.7 Å².